The quantitative estimate of drug-likeness (QED) is 0.718. The van der Waals surface area contributed by atoms with Crippen molar-refractivity contribution in [3.8, 4) is 0 Å². The van der Waals surface area contributed by atoms with E-state index in [1.165, 1.54) is 12.1 Å². The predicted molar refractivity (Wildman–Crippen MR) is 101 cm³/mol. The van der Waals surface area contributed by atoms with Crippen molar-refractivity contribution in [1.29, 1.82) is 0 Å². The second kappa shape index (κ2) is 7.44. The molecule has 0 spiro atoms. The van der Waals surface area contributed by atoms with Crippen LogP contribution >= 0.6 is 0 Å². The molecule has 3 aromatic rings. The Hall–Kier alpha value is -2.80. The number of pyridine rings is 2. The van der Waals surface area contributed by atoms with Gasteiger partial charge < -0.3 is 15.3 Å². The first-order chi connectivity index (χ1) is 13.2. The van der Waals surface area contributed by atoms with Crippen LogP contribution in [0.25, 0.3) is 11.0 Å². The SMILES string of the molecule is OCCNc1ccnc2ccc(N3CCC[C@@H]3c3cc(F)ccc3F)nc12. The Bertz CT molecular complexity index is 966. The Morgan fingerprint density at radius 1 is 1.19 bits per heavy atom. The number of fused-ring (bicyclic) bond motifs is 1. The molecule has 0 aliphatic carbocycles. The van der Waals surface area contributed by atoms with Gasteiger partial charge in [-0.15, -0.1) is 0 Å². The molecule has 1 aliphatic rings. The molecule has 0 amide bonds. The molecule has 3 heterocycles. The third-order valence-electron chi connectivity index (χ3n) is 4.86. The lowest BCUT2D eigenvalue weighted by Gasteiger charge is -2.27. The first-order valence-electron chi connectivity index (χ1n) is 8.99. The molecule has 2 N–H and O–H groups in total. The lowest BCUT2D eigenvalue weighted by atomic mass is 10.0. The van der Waals surface area contributed by atoms with E-state index >= 15 is 0 Å². The van der Waals surface area contributed by atoms with E-state index in [1.807, 2.05) is 23.1 Å². The maximum atomic E-state index is 14.3. The van der Waals surface area contributed by atoms with Crippen LogP contribution < -0.4 is 10.2 Å². The molecule has 1 atom stereocenters. The van der Waals surface area contributed by atoms with E-state index in [1.54, 1.807) is 6.20 Å². The predicted octanol–water partition coefficient (Wildman–Crippen LogP) is 3.65. The fourth-order valence-electron chi connectivity index (χ4n) is 3.64. The minimum atomic E-state index is -0.440. The van der Waals surface area contributed by atoms with Crippen molar-refractivity contribution in [2.45, 2.75) is 18.9 Å². The highest BCUT2D eigenvalue weighted by molar-refractivity contribution is 5.88. The molecule has 0 saturated carbocycles. The molecule has 4 rings (SSSR count). The summed E-state index contributed by atoms with van der Waals surface area (Å²) in [5.41, 5.74) is 2.56. The average Bonchev–Trinajstić information content (AvgIpc) is 3.17. The van der Waals surface area contributed by atoms with Crippen LogP contribution in [0.3, 0.4) is 0 Å². The molecule has 0 bridgehead atoms. The van der Waals surface area contributed by atoms with E-state index in [9.17, 15) is 8.78 Å². The number of anilines is 2. The molecule has 27 heavy (non-hydrogen) atoms. The average molecular weight is 370 g/mol. The maximum absolute atomic E-state index is 14.3. The van der Waals surface area contributed by atoms with Crippen LogP contribution in [0, 0.1) is 11.6 Å². The number of halogens is 2. The summed E-state index contributed by atoms with van der Waals surface area (Å²) in [4.78, 5) is 11.1. The minimum absolute atomic E-state index is 0.0105. The highest BCUT2D eigenvalue weighted by Gasteiger charge is 2.29. The third kappa shape index (κ3) is 3.42. The van der Waals surface area contributed by atoms with Crippen molar-refractivity contribution in [2.75, 3.05) is 29.9 Å². The van der Waals surface area contributed by atoms with Crippen molar-refractivity contribution >= 4 is 22.5 Å². The van der Waals surface area contributed by atoms with Gasteiger partial charge in [-0.1, -0.05) is 0 Å². The molecule has 7 heteroatoms. The first-order valence-corrected chi connectivity index (χ1v) is 8.99. The highest BCUT2D eigenvalue weighted by Crippen LogP contribution is 2.37. The van der Waals surface area contributed by atoms with E-state index in [2.05, 4.69) is 10.3 Å². The van der Waals surface area contributed by atoms with Crippen molar-refractivity contribution in [3.63, 3.8) is 0 Å². The standard InChI is InChI=1S/C20H20F2N4O/c21-13-3-4-15(22)14(12-13)18-2-1-10-26(18)19-6-5-16-20(25-19)17(7-8-23-16)24-9-11-27/h3-8,12,18,27H,1-2,9-11H2,(H,23,24)/t18-/m1/s1. The lowest BCUT2D eigenvalue weighted by molar-refractivity contribution is 0.311. The van der Waals surface area contributed by atoms with Gasteiger partial charge in [-0.05, 0) is 49.2 Å². The van der Waals surface area contributed by atoms with Crippen molar-refractivity contribution in [3.05, 3.63) is 59.8 Å². The number of nitrogens with zero attached hydrogens (tertiary/aromatic N) is 3. The largest absolute Gasteiger partial charge is 0.395 e. The topological polar surface area (TPSA) is 61.3 Å². The Kier molecular flexibility index (Phi) is 4.85. The highest BCUT2D eigenvalue weighted by atomic mass is 19.1. The minimum Gasteiger partial charge on any atom is -0.395 e. The second-order valence-electron chi connectivity index (χ2n) is 6.56. The van der Waals surface area contributed by atoms with Crippen LogP contribution in [0.4, 0.5) is 20.3 Å². The summed E-state index contributed by atoms with van der Waals surface area (Å²) in [6.45, 7) is 1.14. The van der Waals surface area contributed by atoms with Crippen molar-refractivity contribution in [2.24, 2.45) is 0 Å². The van der Waals surface area contributed by atoms with Gasteiger partial charge in [0.25, 0.3) is 0 Å². The van der Waals surface area contributed by atoms with Crippen LogP contribution in [0.5, 0.6) is 0 Å². The number of aliphatic hydroxyl groups excluding tert-OH is 1. The molecule has 1 saturated heterocycles. The fourth-order valence-corrected chi connectivity index (χ4v) is 3.64. The molecule has 1 fully saturated rings. The number of benzene rings is 1. The number of aliphatic hydroxyl groups is 1. The second-order valence-corrected chi connectivity index (χ2v) is 6.56. The number of nitrogens with one attached hydrogen (secondary N) is 1. The Morgan fingerprint density at radius 2 is 2.07 bits per heavy atom. The van der Waals surface area contributed by atoms with Crippen LogP contribution in [0.1, 0.15) is 24.4 Å². The number of hydrogen-bond donors (Lipinski definition) is 2. The van der Waals surface area contributed by atoms with E-state index in [0.717, 1.165) is 36.7 Å². The molecular weight excluding hydrogens is 350 g/mol. The molecule has 140 valence electrons. The number of rotatable bonds is 5. The summed E-state index contributed by atoms with van der Waals surface area (Å²) >= 11 is 0. The molecule has 0 radical (unpaired) electrons. The molecule has 2 aromatic heterocycles. The number of hydrogen-bond acceptors (Lipinski definition) is 5. The first kappa shape index (κ1) is 17.6. The van der Waals surface area contributed by atoms with Crippen LogP contribution in [0.15, 0.2) is 42.6 Å². The maximum Gasteiger partial charge on any atom is 0.129 e. The zero-order valence-electron chi connectivity index (χ0n) is 14.7. The molecule has 0 unspecified atom stereocenters. The summed E-state index contributed by atoms with van der Waals surface area (Å²) in [5, 5.41) is 12.2. The van der Waals surface area contributed by atoms with Gasteiger partial charge in [-0.25, -0.2) is 13.8 Å². The van der Waals surface area contributed by atoms with Gasteiger partial charge in [-0.2, -0.15) is 0 Å². The Morgan fingerprint density at radius 3 is 2.93 bits per heavy atom. The monoisotopic (exact) mass is 370 g/mol. The smallest absolute Gasteiger partial charge is 0.129 e. The van der Waals surface area contributed by atoms with E-state index in [0.29, 0.717) is 23.4 Å². The number of aromatic nitrogens is 2. The van der Waals surface area contributed by atoms with Gasteiger partial charge in [-0.3, -0.25) is 4.98 Å². The summed E-state index contributed by atoms with van der Waals surface area (Å²) in [6.07, 6.45) is 3.30. The summed E-state index contributed by atoms with van der Waals surface area (Å²) in [7, 11) is 0. The third-order valence-corrected chi connectivity index (χ3v) is 4.86. The van der Waals surface area contributed by atoms with Gasteiger partial charge in [0.05, 0.1) is 23.9 Å². The molecular formula is C20H20F2N4O. The summed E-state index contributed by atoms with van der Waals surface area (Å²) in [6, 6.07) is 8.88. The zero-order valence-corrected chi connectivity index (χ0v) is 14.7. The lowest BCUT2D eigenvalue weighted by Crippen LogP contribution is -2.24. The van der Waals surface area contributed by atoms with Crippen molar-refractivity contribution < 1.29 is 13.9 Å². The fraction of sp³-hybridized carbons (Fsp3) is 0.300. The zero-order chi connectivity index (χ0) is 18.8. The van der Waals surface area contributed by atoms with Crippen LogP contribution in [-0.4, -0.2) is 34.8 Å². The Labute approximate surface area is 155 Å². The van der Waals surface area contributed by atoms with E-state index in [4.69, 9.17) is 10.1 Å². The summed E-state index contributed by atoms with van der Waals surface area (Å²) < 4.78 is 28.0. The molecule has 1 aliphatic heterocycles. The van der Waals surface area contributed by atoms with E-state index in [-0.39, 0.29) is 12.6 Å². The van der Waals surface area contributed by atoms with Gasteiger partial charge in [0.1, 0.15) is 23.0 Å². The normalized spacial score (nSPS) is 16.9. The van der Waals surface area contributed by atoms with E-state index < -0.39 is 11.6 Å². The van der Waals surface area contributed by atoms with Crippen LogP contribution in [0.2, 0.25) is 0 Å². The van der Waals surface area contributed by atoms with Crippen molar-refractivity contribution in [1.82, 2.24) is 9.97 Å². The molecule has 5 nitrogen and oxygen atoms in total. The van der Waals surface area contributed by atoms with Gasteiger partial charge in [0.15, 0.2) is 0 Å². The molecule has 1 aromatic carbocycles. The van der Waals surface area contributed by atoms with Gasteiger partial charge in [0.2, 0.25) is 0 Å². The van der Waals surface area contributed by atoms with Gasteiger partial charge >= 0.3 is 0 Å². The summed E-state index contributed by atoms with van der Waals surface area (Å²) in [5.74, 6) is -0.140. The van der Waals surface area contributed by atoms with Gasteiger partial charge in [0, 0.05) is 24.8 Å². The van der Waals surface area contributed by atoms with Crippen LogP contribution in [-0.2, 0) is 0 Å². The Balaban J connectivity index is 1.73.